The fourth-order valence-electron chi connectivity index (χ4n) is 2.49. The largest absolute Gasteiger partial charge is 0.493 e. The van der Waals surface area contributed by atoms with Gasteiger partial charge in [-0.15, -0.1) is 0 Å². The van der Waals surface area contributed by atoms with Crippen molar-refractivity contribution in [2.45, 2.75) is 25.8 Å². The summed E-state index contributed by atoms with van der Waals surface area (Å²) in [7, 11) is 0.269. The molecule has 0 spiro atoms. The first-order valence-corrected chi connectivity index (χ1v) is 8.47. The monoisotopic (exact) mass is 299 g/mol. The van der Waals surface area contributed by atoms with E-state index in [0.717, 1.165) is 17.7 Å². The fourth-order valence-corrected chi connectivity index (χ4v) is 4.13. The van der Waals surface area contributed by atoms with Gasteiger partial charge in [0.25, 0.3) is 0 Å². The summed E-state index contributed by atoms with van der Waals surface area (Å²) in [6, 6.07) is 3.71. The van der Waals surface area contributed by atoms with E-state index in [1.807, 2.05) is 19.1 Å². The van der Waals surface area contributed by atoms with Gasteiger partial charge in [0.2, 0.25) is 0 Å². The molecule has 112 valence electrons. The minimum absolute atomic E-state index is 0.0365. The molecule has 6 heteroatoms. The summed E-state index contributed by atoms with van der Waals surface area (Å²) in [5, 5.41) is 3.32. The van der Waals surface area contributed by atoms with Crippen LogP contribution in [0, 0.1) is 6.92 Å². The number of ether oxygens (including phenoxy) is 2. The van der Waals surface area contributed by atoms with E-state index >= 15 is 0 Å². The molecule has 1 fully saturated rings. The first-order valence-electron chi connectivity index (χ1n) is 6.65. The van der Waals surface area contributed by atoms with Crippen LogP contribution in [-0.4, -0.2) is 40.2 Å². The van der Waals surface area contributed by atoms with E-state index in [1.165, 1.54) is 0 Å². The van der Waals surface area contributed by atoms with Crippen LogP contribution in [0.3, 0.4) is 0 Å². The van der Waals surface area contributed by atoms with Gasteiger partial charge in [-0.3, -0.25) is 0 Å². The van der Waals surface area contributed by atoms with E-state index in [9.17, 15) is 8.42 Å². The first kappa shape index (κ1) is 15.0. The fraction of sp³-hybridized carbons (Fsp3) is 0.571. The Morgan fingerprint density at radius 3 is 2.45 bits per heavy atom. The Balaban J connectivity index is 2.21. The Bertz CT molecular complexity index is 583. The van der Waals surface area contributed by atoms with Crippen LogP contribution in [0.1, 0.15) is 18.4 Å². The van der Waals surface area contributed by atoms with Crippen molar-refractivity contribution in [3.05, 3.63) is 17.7 Å². The van der Waals surface area contributed by atoms with Crippen molar-refractivity contribution in [3.8, 4) is 11.5 Å². The van der Waals surface area contributed by atoms with Crippen molar-refractivity contribution in [2.75, 3.05) is 31.0 Å². The Hall–Kier alpha value is -1.43. The van der Waals surface area contributed by atoms with Gasteiger partial charge >= 0.3 is 0 Å². The number of benzene rings is 1. The van der Waals surface area contributed by atoms with Crippen molar-refractivity contribution >= 4 is 15.5 Å². The van der Waals surface area contributed by atoms with Gasteiger partial charge in [0.15, 0.2) is 21.3 Å². The third-order valence-corrected chi connectivity index (χ3v) is 5.37. The van der Waals surface area contributed by atoms with E-state index in [2.05, 4.69) is 5.32 Å². The van der Waals surface area contributed by atoms with Crippen LogP contribution in [0.25, 0.3) is 0 Å². The lowest BCUT2D eigenvalue weighted by Crippen LogP contribution is -2.35. The van der Waals surface area contributed by atoms with Crippen LogP contribution in [0.15, 0.2) is 12.1 Å². The average Bonchev–Trinajstić information content (AvgIpc) is 2.39. The average molecular weight is 299 g/mol. The zero-order valence-corrected chi connectivity index (χ0v) is 12.9. The van der Waals surface area contributed by atoms with Gasteiger partial charge in [0, 0.05) is 17.8 Å². The highest BCUT2D eigenvalue weighted by Gasteiger charge is 2.25. The molecule has 1 aromatic rings. The second-order valence-corrected chi connectivity index (χ2v) is 7.35. The zero-order chi connectivity index (χ0) is 14.8. The predicted molar refractivity (Wildman–Crippen MR) is 79.6 cm³/mol. The van der Waals surface area contributed by atoms with Crippen molar-refractivity contribution in [3.63, 3.8) is 0 Å². The lowest BCUT2D eigenvalue weighted by Gasteiger charge is -2.25. The molecule has 5 nitrogen and oxygen atoms in total. The molecule has 0 saturated carbocycles. The third kappa shape index (κ3) is 3.36. The van der Waals surface area contributed by atoms with Crippen molar-refractivity contribution in [2.24, 2.45) is 0 Å². The number of nitrogens with one attached hydrogen (secondary N) is 1. The molecule has 0 amide bonds. The molecule has 1 aromatic carbocycles. The summed E-state index contributed by atoms with van der Waals surface area (Å²) in [5.74, 6) is 1.81. The molecule has 1 N–H and O–H groups in total. The molecule has 1 saturated heterocycles. The maximum atomic E-state index is 11.7. The van der Waals surface area contributed by atoms with Gasteiger partial charge in [-0.1, -0.05) is 0 Å². The number of aryl methyl sites for hydroxylation is 1. The van der Waals surface area contributed by atoms with Gasteiger partial charge in [0.05, 0.1) is 25.7 Å². The van der Waals surface area contributed by atoms with Gasteiger partial charge in [-0.2, -0.15) is 0 Å². The molecule has 1 atom stereocenters. The quantitative estimate of drug-likeness (QED) is 0.921. The molecule has 1 aliphatic rings. The maximum Gasteiger partial charge on any atom is 0.162 e. The number of hydrogen-bond acceptors (Lipinski definition) is 5. The van der Waals surface area contributed by atoms with E-state index < -0.39 is 9.84 Å². The van der Waals surface area contributed by atoms with Crippen LogP contribution in [0.2, 0.25) is 0 Å². The molecule has 0 bridgehead atoms. The molecule has 1 aliphatic heterocycles. The van der Waals surface area contributed by atoms with Crippen molar-refractivity contribution in [1.29, 1.82) is 0 Å². The molecule has 1 heterocycles. The van der Waals surface area contributed by atoms with Gasteiger partial charge in [-0.05, 0) is 31.4 Å². The van der Waals surface area contributed by atoms with Gasteiger partial charge in [0.1, 0.15) is 0 Å². The van der Waals surface area contributed by atoms with E-state index in [-0.39, 0.29) is 11.8 Å². The number of anilines is 1. The predicted octanol–water partition coefficient (Wildman–Crippen LogP) is 2.00. The highest BCUT2D eigenvalue weighted by atomic mass is 32.2. The lowest BCUT2D eigenvalue weighted by molar-refractivity contribution is 0.355. The van der Waals surface area contributed by atoms with E-state index in [0.29, 0.717) is 23.7 Å². The van der Waals surface area contributed by atoms with Crippen LogP contribution in [-0.2, 0) is 9.84 Å². The van der Waals surface area contributed by atoms with Crippen molar-refractivity contribution < 1.29 is 17.9 Å². The SMILES string of the molecule is COc1cc(C)c(NC2CCCS(=O)(=O)C2)cc1OC. The summed E-state index contributed by atoms with van der Waals surface area (Å²) >= 11 is 0. The minimum atomic E-state index is -2.91. The van der Waals surface area contributed by atoms with E-state index in [4.69, 9.17) is 9.47 Å². The van der Waals surface area contributed by atoms with Gasteiger partial charge < -0.3 is 14.8 Å². The Morgan fingerprint density at radius 1 is 1.20 bits per heavy atom. The maximum absolute atomic E-state index is 11.7. The summed E-state index contributed by atoms with van der Waals surface area (Å²) < 4.78 is 33.9. The topological polar surface area (TPSA) is 64.6 Å². The van der Waals surface area contributed by atoms with Crippen LogP contribution in [0.5, 0.6) is 11.5 Å². The smallest absolute Gasteiger partial charge is 0.162 e. The molecule has 1 unspecified atom stereocenters. The minimum Gasteiger partial charge on any atom is -0.493 e. The van der Waals surface area contributed by atoms with Crippen molar-refractivity contribution in [1.82, 2.24) is 0 Å². The molecule has 0 aromatic heterocycles. The molecule has 2 rings (SSSR count). The van der Waals surface area contributed by atoms with Gasteiger partial charge in [-0.25, -0.2) is 8.42 Å². The molecular weight excluding hydrogens is 278 g/mol. The summed E-state index contributed by atoms with van der Waals surface area (Å²) in [6.45, 7) is 1.96. The van der Waals surface area contributed by atoms with Crippen LogP contribution < -0.4 is 14.8 Å². The lowest BCUT2D eigenvalue weighted by atomic mass is 10.1. The molecule has 0 radical (unpaired) electrons. The van der Waals surface area contributed by atoms with E-state index in [1.54, 1.807) is 14.2 Å². The van der Waals surface area contributed by atoms with Crippen LogP contribution >= 0.6 is 0 Å². The number of rotatable bonds is 4. The standard InChI is InChI=1S/C14H21NO4S/c1-10-7-13(18-2)14(19-3)8-12(10)15-11-5-4-6-20(16,17)9-11/h7-8,11,15H,4-6,9H2,1-3H3. The summed E-state index contributed by atoms with van der Waals surface area (Å²) in [6.07, 6.45) is 1.58. The highest BCUT2D eigenvalue weighted by Crippen LogP contribution is 2.33. The Labute approximate surface area is 120 Å². The molecule has 20 heavy (non-hydrogen) atoms. The second-order valence-electron chi connectivity index (χ2n) is 5.12. The summed E-state index contributed by atoms with van der Waals surface area (Å²) in [5.41, 5.74) is 1.90. The Morgan fingerprint density at radius 2 is 1.85 bits per heavy atom. The molecule has 0 aliphatic carbocycles. The third-order valence-electron chi connectivity index (χ3n) is 3.55. The Kier molecular flexibility index (Phi) is 4.42. The number of hydrogen-bond donors (Lipinski definition) is 1. The number of methoxy groups -OCH3 is 2. The highest BCUT2D eigenvalue weighted by molar-refractivity contribution is 7.91. The first-order chi connectivity index (χ1) is 9.45. The normalized spacial score (nSPS) is 21.2. The molecular formula is C14H21NO4S. The zero-order valence-electron chi connectivity index (χ0n) is 12.1. The second kappa shape index (κ2) is 5.91. The number of sulfone groups is 1. The summed E-state index contributed by atoms with van der Waals surface area (Å²) in [4.78, 5) is 0. The van der Waals surface area contributed by atoms with Crippen LogP contribution in [0.4, 0.5) is 5.69 Å².